The lowest BCUT2D eigenvalue weighted by Crippen LogP contribution is -2.25. The Morgan fingerprint density at radius 3 is 2.52 bits per heavy atom. The van der Waals surface area contributed by atoms with E-state index < -0.39 is 0 Å². The van der Waals surface area contributed by atoms with Gasteiger partial charge in [-0.3, -0.25) is 9.79 Å². The Labute approximate surface area is 174 Å². The van der Waals surface area contributed by atoms with Gasteiger partial charge in [-0.25, -0.2) is 5.43 Å². The molecule has 0 saturated carbocycles. The van der Waals surface area contributed by atoms with E-state index in [0.717, 1.165) is 40.9 Å². The second-order valence-electron chi connectivity index (χ2n) is 6.29. The third kappa shape index (κ3) is 6.53. The van der Waals surface area contributed by atoms with Crippen LogP contribution in [0.25, 0.3) is 0 Å². The normalized spacial score (nSPS) is 14.0. The van der Waals surface area contributed by atoms with Crippen molar-refractivity contribution in [1.82, 2.24) is 5.43 Å². The first-order valence-corrected chi connectivity index (χ1v) is 10.3. The van der Waals surface area contributed by atoms with E-state index in [2.05, 4.69) is 20.8 Å². The number of benzene rings is 2. The molecule has 0 unspecified atom stereocenters. The summed E-state index contributed by atoms with van der Waals surface area (Å²) in [5.41, 5.74) is 5.12. The van der Waals surface area contributed by atoms with Gasteiger partial charge in [-0.15, -0.1) is 0 Å². The first kappa shape index (κ1) is 20.7. The van der Waals surface area contributed by atoms with E-state index in [1.54, 1.807) is 43.1 Å². The summed E-state index contributed by atoms with van der Waals surface area (Å²) in [5, 5.41) is 8.42. The molecule has 8 heteroatoms. The van der Waals surface area contributed by atoms with E-state index in [1.807, 2.05) is 31.2 Å². The molecule has 2 aromatic carbocycles. The molecule has 0 aromatic heterocycles. The van der Waals surface area contributed by atoms with Crippen LogP contribution in [0.3, 0.4) is 0 Å². The van der Waals surface area contributed by atoms with Crippen LogP contribution in [-0.4, -0.2) is 42.8 Å². The monoisotopic (exact) mass is 412 g/mol. The summed E-state index contributed by atoms with van der Waals surface area (Å²) >= 11 is 1.73. The molecule has 0 spiro atoms. The maximum absolute atomic E-state index is 12.0. The van der Waals surface area contributed by atoms with Crippen molar-refractivity contribution in [3.63, 3.8) is 0 Å². The Kier molecular flexibility index (Phi) is 7.52. The van der Waals surface area contributed by atoms with Gasteiger partial charge >= 0.3 is 0 Å². The first-order chi connectivity index (χ1) is 14.1. The van der Waals surface area contributed by atoms with Crippen molar-refractivity contribution in [2.75, 3.05) is 31.3 Å². The zero-order chi connectivity index (χ0) is 20.5. The number of hydrogen-bond donors (Lipinski definition) is 2. The number of hydrazone groups is 1. The molecule has 0 aliphatic carbocycles. The zero-order valence-electron chi connectivity index (χ0n) is 16.5. The number of carbonyl (C=O) groups excluding carboxylic acids is 1. The topological polar surface area (TPSA) is 84.3 Å². The van der Waals surface area contributed by atoms with E-state index in [-0.39, 0.29) is 12.5 Å². The van der Waals surface area contributed by atoms with Crippen molar-refractivity contribution in [2.45, 2.75) is 13.3 Å². The Morgan fingerprint density at radius 2 is 1.86 bits per heavy atom. The van der Waals surface area contributed by atoms with Crippen LogP contribution in [0.15, 0.2) is 58.6 Å². The minimum Gasteiger partial charge on any atom is -0.497 e. The summed E-state index contributed by atoms with van der Waals surface area (Å²) in [4.78, 5) is 16.4. The Balaban J connectivity index is 1.47. The van der Waals surface area contributed by atoms with E-state index in [1.165, 1.54) is 0 Å². The minimum absolute atomic E-state index is 0.119. The molecule has 2 aromatic rings. The van der Waals surface area contributed by atoms with Crippen LogP contribution < -0.4 is 20.2 Å². The molecule has 0 radical (unpaired) electrons. The van der Waals surface area contributed by atoms with Crippen LogP contribution >= 0.6 is 11.8 Å². The minimum atomic E-state index is -0.328. The second kappa shape index (κ2) is 10.5. The van der Waals surface area contributed by atoms with Crippen molar-refractivity contribution in [3.05, 3.63) is 54.1 Å². The third-order valence-corrected chi connectivity index (χ3v) is 5.13. The molecule has 0 atom stereocenters. The molecular weight excluding hydrogens is 388 g/mol. The van der Waals surface area contributed by atoms with Crippen LogP contribution in [0.5, 0.6) is 11.5 Å². The number of amidine groups is 1. The lowest BCUT2D eigenvalue weighted by molar-refractivity contribution is -0.123. The average molecular weight is 413 g/mol. The summed E-state index contributed by atoms with van der Waals surface area (Å²) in [7, 11) is 1.60. The Bertz CT molecular complexity index is 880. The molecule has 2 N–H and O–H groups in total. The SMILES string of the molecule is COc1ccc(OCC(=O)N/N=C(/C)c2ccc(NC3=NCCCS3)cc2)cc1. The Hall–Kier alpha value is -3.00. The predicted octanol–water partition coefficient (Wildman–Crippen LogP) is 3.52. The fraction of sp³-hybridized carbons (Fsp3) is 0.286. The highest BCUT2D eigenvalue weighted by Crippen LogP contribution is 2.18. The zero-order valence-corrected chi connectivity index (χ0v) is 17.3. The van der Waals surface area contributed by atoms with Crippen LogP contribution in [0.4, 0.5) is 5.69 Å². The number of carbonyl (C=O) groups is 1. The molecule has 0 bridgehead atoms. The van der Waals surface area contributed by atoms with E-state index >= 15 is 0 Å². The molecular formula is C21H24N4O3S. The van der Waals surface area contributed by atoms with Gasteiger partial charge in [-0.1, -0.05) is 23.9 Å². The van der Waals surface area contributed by atoms with Gasteiger partial charge in [-0.2, -0.15) is 5.10 Å². The van der Waals surface area contributed by atoms with Gasteiger partial charge in [0, 0.05) is 18.0 Å². The molecule has 1 aliphatic heterocycles. The number of thioether (sulfide) groups is 1. The molecule has 1 aliphatic rings. The van der Waals surface area contributed by atoms with Gasteiger partial charge in [0.15, 0.2) is 11.8 Å². The predicted molar refractivity (Wildman–Crippen MR) is 118 cm³/mol. The van der Waals surface area contributed by atoms with Crippen LogP contribution in [0, 0.1) is 0 Å². The number of ether oxygens (including phenoxy) is 2. The van der Waals surface area contributed by atoms with Crippen LogP contribution in [0.2, 0.25) is 0 Å². The molecule has 0 fully saturated rings. The molecule has 7 nitrogen and oxygen atoms in total. The van der Waals surface area contributed by atoms with Crippen molar-refractivity contribution < 1.29 is 14.3 Å². The van der Waals surface area contributed by atoms with Crippen molar-refractivity contribution >= 4 is 34.2 Å². The summed E-state index contributed by atoms with van der Waals surface area (Å²) in [5.74, 6) is 2.09. The fourth-order valence-electron chi connectivity index (χ4n) is 2.52. The number of amides is 1. The Morgan fingerprint density at radius 1 is 1.14 bits per heavy atom. The number of nitrogens with zero attached hydrogens (tertiary/aromatic N) is 2. The smallest absolute Gasteiger partial charge is 0.277 e. The van der Waals surface area contributed by atoms with E-state index in [9.17, 15) is 4.79 Å². The standard InChI is InChI=1S/C21H24N4O3S/c1-15(16-4-6-17(7-5-16)23-21-22-12-3-13-29-21)24-25-20(26)14-28-19-10-8-18(27-2)9-11-19/h4-11H,3,12-14H2,1-2H3,(H,22,23)(H,25,26)/b24-15-. The first-order valence-electron chi connectivity index (χ1n) is 9.29. The van der Waals surface area contributed by atoms with Gasteiger partial charge in [-0.05, 0) is 55.3 Å². The average Bonchev–Trinajstić information content (AvgIpc) is 2.77. The maximum Gasteiger partial charge on any atom is 0.277 e. The van der Waals surface area contributed by atoms with E-state index in [4.69, 9.17) is 9.47 Å². The molecule has 1 heterocycles. The molecule has 0 saturated heterocycles. The highest BCUT2D eigenvalue weighted by molar-refractivity contribution is 8.14. The van der Waals surface area contributed by atoms with Gasteiger partial charge in [0.05, 0.1) is 12.8 Å². The third-order valence-electron chi connectivity index (χ3n) is 4.13. The van der Waals surface area contributed by atoms with Gasteiger partial charge in [0.1, 0.15) is 11.5 Å². The maximum atomic E-state index is 12.0. The number of aliphatic imine (C=N–C) groups is 1. The van der Waals surface area contributed by atoms with Crippen molar-refractivity contribution in [1.29, 1.82) is 0 Å². The summed E-state index contributed by atoms with van der Waals surface area (Å²) in [6, 6.07) is 14.9. The highest BCUT2D eigenvalue weighted by atomic mass is 32.2. The van der Waals surface area contributed by atoms with E-state index in [0.29, 0.717) is 11.5 Å². The molecule has 1 amide bonds. The van der Waals surface area contributed by atoms with Crippen molar-refractivity contribution in [3.8, 4) is 11.5 Å². The molecule has 29 heavy (non-hydrogen) atoms. The number of methoxy groups -OCH3 is 1. The van der Waals surface area contributed by atoms with Gasteiger partial charge in [0.25, 0.3) is 5.91 Å². The summed E-state index contributed by atoms with van der Waals surface area (Å²) in [6.45, 7) is 2.60. The fourth-order valence-corrected chi connectivity index (χ4v) is 3.36. The van der Waals surface area contributed by atoms with Crippen molar-refractivity contribution in [2.24, 2.45) is 10.1 Å². The number of nitrogens with one attached hydrogen (secondary N) is 2. The number of rotatable bonds is 7. The molecule has 3 rings (SSSR count). The largest absolute Gasteiger partial charge is 0.497 e. The summed E-state index contributed by atoms with van der Waals surface area (Å²) in [6.07, 6.45) is 1.13. The van der Waals surface area contributed by atoms with Crippen LogP contribution in [-0.2, 0) is 4.79 Å². The number of hydrogen-bond acceptors (Lipinski definition) is 7. The number of anilines is 1. The lowest BCUT2D eigenvalue weighted by atomic mass is 10.1. The molecule has 152 valence electrons. The quantitative estimate of drug-likeness (QED) is 0.537. The lowest BCUT2D eigenvalue weighted by Gasteiger charge is -2.13. The summed E-state index contributed by atoms with van der Waals surface area (Å²) < 4.78 is 10.5. The van der Waals surface area contributed by atoms with Crippen LogP contribution in [0.1, 0.15) is 18.9 Å². The highest BCUT2D eigenvalue weighted by Gasteiger charge is 2.07. The van der Waals surface area contributed by atoms with Gasteiger partial charge < -0.3 is 14.8 Å². The second-order valence-corrected chi connectivity index (χ2v) is 7.37. The van der Waals surface area contributed by atoms with Gasteiger partial charge in [0.2, 0.25) is 0 Å².